The Morgan fingerprint density at radius 2 is 2.00 bits per heavy atom. The Labute approximate surface area is 94.1 Å². The van der Waals surface area contributed by atoms with Crippen molar-refractivity contribution < 1.29 is 4.74 Å². The summed E-state index contributed by atoms with van der Waals surface area (Å²) in [6.45, 7) is 0. The second-order valence-corrected chi connectivity index (χ2v) is 3.51. The van der Waals surface area contributed by atoms with Gasteiger partial charge in [-0.05, 0) is 16.8 Å². The topological polar surface area (TPSA) is 59.0 Å². The summed E-state index contributed by atoms with van der Waals surface area (Å²) in [7, 11) is 1.58. The molecule has 0 aliphatic carbocycles. The van der Waals surface area contributed by atoms with Gasteiger partial charge in [0.1, 0.15) is 11.8 Å². The number of nitrogens with zero attached hydrogens (tertiary/aromatic N) is 1. The van der Waals surface area contributed by atoms with Crippen LogP contribution in [0.25, 0.3) is 10.8 Å². The highest BCUT2D eigenvalue weighted by Gasteiger charge is 2.14. The highest BCUT2D eigenvalue weighted by molar-refractivity contribution is 5.88. The van der Waals surface area contributed by atoms with Gasteiger partial charge in [-0.3, -0.25) is 0 Å². The van der Waals surface area contributed by atoms with Gasteiger partial charge in [-0.1, -0.05) is 30.3 Å². The van der Waals surface area contributed by atoms with Crippen molar-refractivity contribution in [3.05, 3.63) is 42.0 Å². The smallest absolute Gasteiger partial charge is 0.125 e. The van der Waals surface area contributed by atoms with Gasteiger partial charge in [0, 0.05) is 5.56 Å². The molecule has 2 N–H and O–H groups in total. The fourth-order valence-corrected chi connectivity index (χ4v) is 1.84. The fraction of sp³-hybridized carbons (Fsp3) is 0.154. The van der Waals surface area contributed by atoms with E-state index < -0.39 is 6.04 Å². The van der Waals surface area contributed by atoms with Crippen LogP contribution >= 0.6 is 0 Å². The second-order valence-electron chi connectivity index (χ2n) is 3.51. The van der Waals surface area contributed by atoms with Gasteiger partial charge in [0.15, 0.2) is 0 Å². The Balaban J connectivity index is 2.79. The molecule has 1 atom stereocenters. The van der Waals surface area contributed by atoms with Gasteiger partial charge in [-0.25, -0.2) is 0 Å². The molecule has 3 heteroatoms. The lowest BCUT2D eigenvalue weighted by molar-refractivity contribution is 0.409. The van der Waals surface area contributed by atoms with Crippen LogP contribution in [-0.4, -0.2) is 7.11 Å². The summed E-state index contributed by atoms with van der Waals surface area (Å²) in [6, 6.07) is 13.0. The number of hydrogen-bond donors (Lipinski definition) is 1. The maximum absolute atomic E-state index is 8.94. The maximum Gasteiger partial charge on any atom is 0.125 e. The molecular weight excluding hydrogens is 200 g/mol. The van der Waals surface area contributed by atoms with E-state index in [9.17, 15) is 0 Å². The molecule has 0 heterocycles. The summed E-state index contributed by atoms with van der Waals surface area (Å²) < 4.78 is 5.25. The first-order valence-corrected chi connectivity index (χ1v) is 4.98. The number of ether oxygens (including phenoxy) is 1. The number of rotatable bonds is 2. The van der Waals surface area contributed by atoms with Gasteiger partial charge in [0.25, 0.3) is 0 Å². The lowest BCUT2D eigenvalue weighted by Gasteiger charge is -2.13. The van der Waals surface area contributed by atoms with Crippen molar-refractivity contribution in [3.8, 4) is 11.8 Å². The zero-order chi connectivity index (χ0) is 11.5. The molecule has 80 valence electrons. The Kier molecular flexibility index (Phi) is 2.76. The average Bonchev–Trinajstić information content (AvgIpc) is 2.36. The van der Waals surface area contributed by atoms with E-state index in [1.807, 2.05) is 42.5 Å². The third-order valence-corrected chi connectivity index (χ3v) is 2.60. The Morgan fingerprint density at radius 1 is 1.25 bits per heavy atom. The minimum Gasteiger partial charge on any atom is -0.496 e. The quantitative estimate of drug-likeness (QED) is 0.831. The summed E-state index contributed by atoms with van der Waals surface area (Å²) in [5.74, 6) is 0.660. The standard InChI is InChI=1S/C13H12N2O/c1-16-12-7-6-9-4-2-3-5-10(9)13(12)11(15)8-14/h2-7,11H,15H2,1H3. The second kappa shape index (κ2) is 4.21. The highest BCUT2D eigenvalue weighted by atomic mass is 16.5. The van der Waals surface area contributed by atoms with Gasteiger partial charge in [0.05, 0.1) is 13.2 Å². The van der Waals surface area contributed by atoms with E-state index >= 15 is 0 Å². The van der Waals surface area contributed by atoms with E-state index in [4.69, 9.17) is 15.7 Å². The van der Waals surface area contributed by atoms with Crippen molar-refractivity contribution >= 4 is 10.8 Å². The summed E-state index contributed by atoms with van der Waals surface area (Å²) in [5.41, 5.74) is 6.55. The third kappa shape index (κ3) is 1.60. The minimum atomic E-state index is -0.666. The van der Waals surface area contributed by atoms with Crippen molar-refractivity contribution in [2.75, 3.05) is 7.11 Å². The van der Waals surface area contributed by atoms with E-state index in [0.717, 1.165) is 16.3 Å². The van der Waals surface area contributed by atoms with Gasteiger partial charge >= 0.3 is 0 Å². The molecule has 0 radical (unpaired) electrons. The molecule has 0 amide bonds. The van der Waals surface area contributed by atoms with Crippen molar-refractivity contribution in [1.82, 2.24) is 0 Å². The van der Waals surface area contributed by atoms with Gasteiger partial charge < -0.3 is 10.5 Å². The molecule has 0 aliphatic rings. The number of methoxy groups -OCH3 is 1. The molecule has 2 rings (SSSR count). The van der Waals surface area contributed by atoms with Crippen LogP contribution in [0.2, 0.25) is 0 Å². The van der Waals surface area contributed by atoms with Crippen LogP contribution in [0.5, 0.6) is 5.75 Å². The van der Waals surface area contributed by atoms with Crippen LogP contribution in [-0.2, 0) is 0 Å². The van der Waals surface area contributed by atoms with E-state index in [1.165, 1.54) is 0 Å². The molecular formula is C13H12N2O. The van der Waals surface area contributed by atoms with Crippen molar-refractivity contribution in [1.29, 1.82) is 5.26 Å². The summed E-state index contributed by atoms with van der Waals surface area (Å²) in [6.07, 6.45) is 0. The molecule has 0 aliphatic heterocycles. The number of nitriles is 1. The number of nitrogens with two attached hydrogens (primary N) is 1. The molecule has 1 unspecified atom stereocenters. The third-order valence-electron chi connectivity index (χ3n) is 2.60. The highest BCUT2D eigenvalue weighted by Crippen LogP contribution is 2.31. The maximum atomic E-state index is 8.94. The Morgan fingerprint density at radius 3 is 2.69 bits per heavy atom. The van der Waals surface area contributed by atoms with Gasteiger partial charge in [0.2, 0.25) is 0 Å². The normalized spacial score (nSPS) is 12.1. The van der Waals surface area contributed by atoms with Gasteiger partial charge in [-0.2, -0.15) is 5.26 Å². The van der Waals surface area contributed by atoms with Crippen LogP contribution < -0.4 is 10.5 Å². The monoisotopic (exact) mass is 212 g/mol. The van der Waals surface area contributed by atoms with Gasteiger partial charge in [-0.15, -0.1) is 0 Å². The zero-order valence-corrected chi connectivity index (χ0v) is 8.97. The van der Waals surface area contributed by atoms with Crippen LogP contribution in [0, 0.1) is 11.3 Å². The van der Waals surface area contributed by atoms with Crippen LogP contribution in [0.15, 0.2) is 36.4 Å². The largest absolute Gasteiger partial charge is 0.496 e. The molecule has 0 saturated heterocycles. The first-order chi connectivity index (χ1) is 7.77. The lowest BCUT2D eigenvalue weighted by Crippen LogP contribution is -2.09. The van der Waals surface area contributed by atoms with Crippen molar-refractivity contribution in [2.45, 2.75) is 6.04 Å². The summed E-state index contributed by atoms with van der Waals surface area (Å²) in [5, 5.41) is 11.0. The molecule has 0 spiro atoms. The van der Waals surface area contributed by atoms with Crippen molar-refractivity contribution in [2.24, 2.45) is 5.73 Å². The SMILES string of the molecule is COc1ccc2ccccc2c1C(N)C#N. The molecule has 3 nitrogen and oxygen atoms in total. The average molecular weight is 212 g/mol. The molecule has 0 aromatic heterocycles. The Hall–Kier alpha value is -2.05. The number of hydrogen-bond acceptors (Lipinski definition) is 3. The first-order valence-electron chi connectivity index (χ1n) is 4.98. The molecule has 2 aromatic carbocycles. The van der Waals surface area contributed by atoms with Crippen LogP contribution in [0.1, 0.15) is 11.6 Å². The van der Waals surface area contributed by atoms with Crippen LogP contribution in [0.3, 0.4) is 0 Å². The van der Waals surface area contributed by atoms with E-state index in [0.29, 0.717) is 5.75 Å². The van der Waals surface area contributed by atoms with Crippen LogP contribution in [0.4, 0.5) is 0 Å². The fourth-order valence-electron chi connectivity index (χ4n) is 1.84. The minimum absolute atomic E-state index is 0.660. The summed E-state index contributed by atoms with van der Waals surface area (Å²) in [4.78, 5) is 0. The zero-order valence-electron chi connectivity index (χ0n) is 8.97. The molecule has 0 fully saturated rings. The van der Waals surface area contributed by atoms with Crippen molar-refractivity contribution in [3.63, 3.8) is 0 Å². The predicted molar refractivity (Wildman–Crippen MR) is 63.0 cm³/mol. The van der Waals surface area contributed by atoms with E-state index in [2.05, 4.69) is 0 Å². The Bertz CT molecular complexity index is 557. The summed E-state index contributed by atoms with van der Waals surface area (Å²) >= 11 is 0. The molecule has 16 heavy (non-hydrogen) atoms. The predicted octanol–water partition coefficient (Wildman–Crippen LogP) is 2.37. The first kappa shape index (κ1) is 10.5. The number of benzene rings is 2. The molecule has 0 saturated carbocycles. The van der Waals surface area contributed by atoms with E-state index in [-0.39, 0.29) is 0 Å². The lowest BCUT2D eigenvalue weighted by atomic mass is 9.99. The number of fused-ring (bicyclic) bond motifs is 1. The molecule has 2 aromatic rings. The van der Waals surface area contributed by atoms with E-state index in [1.54, 1.807) is 7.11 Å². The molecule has 0 bridgehead atoms.